The van der Waals surface area contributed by atoms with Crippen LogP contribution in [0.15, 0.2) is 48.5 Å². The molecule has 2 aromatic rings. The Balaban J connectivity index is 1.79. The van der Waals surface area contributed by atoms with Crippen LogP contribution in [-0.4, -0.2) is 40.3 Å². The van der Waals surface area contributed by atoms with E-state index in [4.69, 9.17) is 9.47 Å². The average molecular weight is 404 g/mol. The molecule has 0 saturated heterocycles. The molecule has 0 saturated carbocycles. The summed E-state index contributed by atoms with van der Waals surface area (Å²) in [4.78, 5) is 12.9. The maximum atomic E-state index is 12.9. The van der Waals surface area contributed by atoms with Crippen molar-refractivity contribution in [2.45, 2.75) is 25.5 Å². The van der Waals surface area contributed by atoms with Crippen molar-refractivity contribution in [3.05, 3.63) is 54.1 Å². The molecule has 2 atom stereocenters. The van der Waals surface area contributed by atoms with Gasteiger partial charge in [0.25, 0.3) is 5.91 Å². The summed E-state index contributed by atoms with van der Waals surface area (Å²) in [5.74, 6) is 0.753. The Hall–Kier alpha value is -2.74. The summed E-state index contributed by atoms with van der Waals surface area (Å²) in [7, 11) is -1.94. The van der Waals surface area contributed by atoms with Crippen LogP contribution in [0.5, 0.6) is 11.5 Å². The Morgan fingerprint density at radius 2 is 1.93 bits per heavy atom. The van der Waals surface area contributed by atoms with Crippen LogP contribution in [0, 0.1) is 0 Å². The first kappa shape index (κ1) is 20.0. The van der Waals surface area contributed by atoms with E-state index in [1.54, 1.807) is 31.4 Å². The Morgan fingerprint density at radius 1 is 1.25 bits per heavy atom. The van der Waals surface area contributed by atoms with Crippen molar-refractivity contribution in [3.8, 4) is 11.5 Å². The van der Waals surface area contributed by atoms with Crippen molar-refractivity contribution in [2.24, 2.45) is 0 Å². The predicted molar refractivity (Wildman–Crippen MR) is 107 cm³/mol. The van der Waals surface area contributed by atoms with Crippen LogP contribution in [0.4, 0.5) is 5.69 Å². The number of amides is 1. The number of para-hydroxylation sites is 2. The van der Waals surface area contributed by atoms with Gasteiger partial charge in [-0.05, 0) is 36.2 Å². The molecule has 0 aliphatic carbocycles. The SMILES string of the molecule is CCC(NC(=O)C1CN(S(C)(=O)=O)c2ccccc2O1)c1ccc(OC)cc1. The fraction of sp³-hybridized carbons (Fsp3) is 0.350. The van der Waals surface area contributed by atoms with Gasteiger partial charge in [-0.3, -0.25) is 9.10 Å². The van der Waals surface area contributed by atoms with Crippen LogP contribution in [0.3, 0.4) is 0 Å². The lowest BCUT2D eigenvalue weighted by Gasteiger charge is -2.34. The fourth-order valence-electron chi connectivity index (χ4n) is 3.17. The number of anilines is 1. The average Bonchev–Trinajstić information content (AvgIpc) is 2.70. The Labute approximate surface area is 165 Å². The molecule has 7 nitrogen and oxygen atoms in total. The second-order valence-corrected chi connectivity index (χ2v) is 8.52. The van der Waals surface area contributed by atoms with Crippen LogP contribution in [-0.2, 0) is 14.8 Å². The van der Waals surface area contributed by atoms with Crippen LogP contribution < -0.4 is 19.1 Å². The van der Waals surface area contributed by atoms with Crippen LogP contribution >= 0.6 is 0 Å². The van der Waals surface area contributed by atoms with E-state index in [1.807, 2.05) is 31.2 Å². The molecule has 0 radical (unpaired) electrons. The zero-order valence-corrected chi connectivity index (χ0v) is 16.9. The number of benzene rings is 2. The Kier molecular flexibility index (Phi) is 5.79. The van der Waals surface area contributed by atoms with Crippen molar-refractivity contribution in [2.75, 3.05) is 24.2 Å². The molecule has 2 unspecified atom stereocenters. The lowest BCUT2D eigenvalue weighted by Crippen LogP contribution is -2.51. The Morgan fingerprint density at radius 3 is 2.54 bits per heavy atom. The molecule has 1 aliphatic heterocycles. The summed E-state index contributed by atoms with van der Waals surface area (Å²) in [6, 6.07) is 14.0. The fourth-order valence-corrected chi connectivity index (χ4v) is 4.09. The molecule has 3 rings (SSSR count). The highest BCUT2D eigenvalue weighted by Crippen LogP contribution is 2.34. The first-order valence-electron chi connectivity index (χ1n) is 9.01. The number of hydrogen-bond acceptors (Lipinski definition) is 5. The maximum absolute atomic E-state index is 12.9. The van der Waals surface area contributed by atoms with Gasteiger partial charge in [-0.1, -0.05) is 31.2 Å². The molecule has 8 heteroatoms. The molecule has 0 fully saturated rings. The van der Waals surface area contributed by atoms with E-state index in [0.29, 0.717) is 17.9 Å². The number of hydrogen-bond donors (Lipinski definition) is 1. The van der Waals surface area contributed by atoms with Crippen molar-refractivity contribution in [1.29, 1.82) is 0 Å². The van der Waals surface area contributed by atoms with Crippen molar-refractivity contribution in [1.82, 2.24) is 5.32 Å². The highest BCUT2D eigenvalue weighted by molar-refractivity contribution is 7.92. The Bertz CT molecular complexity index is 943. The largest absolute Gasteiger partial charge is 0.497 e. The minimum atomic E-state index is -3.54. The van der Waals surface area contributed by atoms with Gasteiger partial charge >= 0.3 is 0 Å². The van der Waals surface area contributed by atoms with Gasteiger partial charge in [0.05, 0.1) is 31.6 Å². The number of methoxy groups -OCH3 is 1. The van der Waals surface area contributed by atoms with Crippen LogP contribution in [0.1, 0.15) is 24.9 Å². The number of carbonyl (C=O) groups excluding carboxylic acids is 1. The van der Waals surface area contributed by atoms with Gasteiger partial charge in [-0.25, -0.2) is 8.42 Å². The number of nitrogens with zero attached hydrogens (tertiary/aromatic N) is 1. The van der Waals surface area contributed by atoms with Crippen molar-refractivity contribution >= 4 is 21.6 Å². The molecule has 1 heterocycles. The molecule has 28 heavy (non-hydrogen) atoms. The molecule has 1 N–H and O–H groups in total. The summed E-state index contributed by atoms with van der Waals surface area (Å²) >= 11 is 0. The smallest absolute Gasteiger partial charge is 0.263 e. The highest BCUT2D eigenvalue weighted by atomic mass is 32.2. The number of rotatable bonds is 6. The third kappa shape index (κ3) is 4.22. The van der Waals surface area contributed by atoms with E-state index in [1.165, 1.54) is 4.31 Å². The first-order chi connectivity index (χ1) is 13.3. The minimum Gasteiger partial charge on any atom is -0.497 e. The normalized spacial score (nSPS) is 17.2. The number of carbonyl (C=O) groups is 1. The molecule has 150 valence electrons. The van der Waals surface area contributed by atoms with E-state index in [-0.39, 0.29) is 18.5 Å². The van der Waals surface area contributed by atoms with E-state index >= 15 is 0 Å². The second kappa shape index (κ2) is 8.10. The third-order valence-corrected chi connectivity index (χ3v) is 5.82. The van der Waals surface area contributed by atoms with Gasteiger partial charge < -0.3 is 14.8 Å². The summed E-state index contributed by atoms with van der Waals surface area (Å²) in [6.07, 6.45) is 0.866. The van der Waals surface area contributed by atoms with E-state index in [9.17, 15) is 13.2 Å². The summed E-state index contributed by atoms with van der Waals surface area (Å²) in [6.45, 7) is 1.90. The monoisotopic (exact) mass is 404 g/mol. The van der Waals surface area contributed by atoms with Gasteiger partial charge in [-0.2, -0.15) is 0 Å². The summed E-state index contributed by atoms with van der Waals surface area (Å²) in [5.41, 5.74) is 1.38. The third-order valence-electron chi connectivity index (χ3n) is 4.67. The number of sulfonamides is 1. The molecule has 1 amide bonds. The first-order valence-corrected chi connectivity index (χ1v) is 10.9. The quantitative estimate of drug-likeness (QED) is 0.800. The molecule has 0 spiro atoms. The van der Waals surface area contributed by atoms with E-state index < -0.39 is 16.1 Å². The van der Waals surface area contributed by atoms with Gasteiger partial charge in [0, 0.05) is 0 Å². The topological polar surface area (TPSA) is 84.9 Å². The van der Waals surface area contributed by atoms with Crippen LogP contribution in [0.2, 0.25) is 0 Å². The van der Waals surface area contributed by atoms with E-state index in [0.717, 1.165) is 17.6 Å². The summed E-state index contributed by atoms with van der Waals surface area (Å²) in [5, 5.41) is 2.97. The van der Waals surface area contributed by atoms with Gasteiger partial charge in [0.2, 0.25) is 10.0 Å². The van der Waals surface area contributed by atoms with Gasteiger partial charge in [0.1, 0.15) is 11.5 Å². The maximum Gasteiger partial charge on any atom is 0.263 e. The van der Waals surface area contributed by atoms with Crippen molar-refractivity contribution in [3.63, 3.8) is 0 Å². The summed E-state index contributed by atoms with van der Waals surface area (Å²) < 4.78 is 36.6. The molecular weight excluding hydrogens is 380 g/mol. The predicted octanol–water partition coefficient (Wildman–Crippen LogP) is 2.49. The molecule has 1 aliphatic rings. The standard InChI is InChI=1S/C20H24N2O5S/c1-4-16(14-9-11-15(26-2)12-10-14)21-20(23)19-13-22(28(3,24)25)17-7-5-6-8-18(17)27-19/h5-12,16,19H,4,13H2,1-3H3,(H,21,23). The van der Waals surface area contributed by atoms with Crippen molar-refractivity contribution < 1.29 is 22.7 Å². The lowest BCUT2D eigenvalue weighted by atomic mass is 10.0. The molecule has 0 bridgehead atoms. The number of ether oxygens (including phenoxy) is 2. The minimum absolute atomic E-state index is 0.0687. The molecule has 0 aromatic heterocycles. The lowest BCUT2D eigenvalue weighted by molar-refractivity contribution is -0.128. The molecule has 2 aromatic carbocycles. The van der Waals surface area contributed by atoms with E-state index in [2.05, 4.69) is 5.32 Å². The number of nitrogens with one attached hydrogen (secondary N) is 1. The zero-order valence-electron chi connectivity index (χ0n) is 16.1. The molecular formula is C20H24N2O5S. The van der Waals surface area contributed by atoms with Crippen LogP contribution in [0.25, 0.3) is 0 Å². The van der Waals surface area contributed by atoms with Gasteiger partial charge in [-0.15, -0.1) is 0 Å². The number of fused-ring (bicyclic) bond motifs is 1. The highest BCUT2D eigenvalue weighted by Gasteiger charge is 2.35. The van der Waals surface area contributed by atoms with Gasteiger partial charge in [0.15, 0.2) is 6.10 Å². The second-order valence-electron chi connectivity index (χ2n) is 6.61. The zero-order chi connectivity index (χ0) is 20.3.